The Balaban J connectivity index is 1.35. The zero-order valence-electron chi connectivity index (χ0n) is 22.3. The molecule has 0 unspecified atom stereocenters. The normalized spacial score (nSPS) is 20.7. The molecule has 10 heteroatoms. The Labute approximate surface area is 223 Å². The van der Waals surface area contributed by atoms with Crippen LogP contribution >= 0.6 is 0 Å². The van der Waals surface area contributed by atoms with Gasteiger partial charge in [-0.2, -0.15) is 4.98 Å². The van der Waals surface area contributed by atoms with E-state index in [-0.39, 0.29) is 23.7 Å². The molecule has 2 saturated heterocycles. The summed E-state index contributed by atoms with van der Waals surface area (Å²) in [6.07, 6.45) is 7.76. The largest absolute Gasteiger partial charge is 0.367 e. The van der Waals surface area contributed by atoms with Gasteiger partial charge >= 0.3 is 0 Å². The van der Waals surface area contributed by atoms with Gasteiger partial charge < -0.3 is 15.5 Å². The second-order valence-corrected chi connectivity index (χ2v) is 10.9. The zero-order valence-corrected chi connectivity index (χ0v) is 22.3. The number of carbonyl (C=O) groups excluding carboxylic acids is 2. The van der Waals surface area contributed by atoms with E-state index in [2.05, 4.69) is 39.3 Å². The van der Waals surface area contributed by atoms with Crippen LogP contribution in [0.1, 0.15) is 51.5 Å². The summed E-state index contributed by atoms with van der Waals surface area (Å²) >= 11 is 0. The topological polar surface area (TPSA) is 93.7 Å². The van der Waals surface area contributed by atoms with Gasteiger partial charge in [0, 0.05) is 68.2 Å². The fourth-order valence-corrected chi connectivity index (χ4v) is 5.87. The smallest absolute Gasteiger partial charge is 0.229 e. The van der Waals surface area contributed by atoms with E-state index in [1.807, 2.05) is 6.07 Å². The third kappa shape index (κ3) is 5.75. The van der Waals surface area contributed by atoms with E-state index in [0.717, 1.165) is 70.3 Å². The quantitative estimate of drug-likeness (QED) is 0.486. The number of amides is 2. The lowest BCUT2D eigenvalue weighted by molar-refractivity contribution is -0.122. The molecule has 1 saturated carbocycles. The number of halogens is 1. The van der Waals surface area contributed by atoms with Crippen molar-refractivity contribution in [2.45, 2.75) is 64.5 Å². The van der Waals surface area contributed by atoms with Crippen molar-refractivity contribution in [1.29, 1.82) is 0 Å². The number of aromatic nitrogens is 2. The lowest BCUT2D eigenvalue weighted by atomic mass is 9.99. The van der Waals surface area contributed by atoms with Crippen molar-refractivity contribution in [2.75, 3.05) is 47.8 Å². The summed E-state index contributed by atoms with van der Waals surface area (Å²) in [5.41, 5.74) is 1.91. The van der Waals surface area contributed by atoms with Crippen LogP contribution in [0.2, 0.25) is 0 Å². The molecule has 5 rings (SSSR count). The van der Waals surface area contributed by atoms with E-state index in [1.165, 1.54) is 6.07 Å². The number of anilines is 4. The van der Waals surface area contributed by atoms with Crippen molar-refractivity contribution in [3.63, 3.8) is 0 Å². The zero-order chi connectivity index (χ0) is 26.6. The molecule has 2 amide bonds. The maximum Gasteiger partial charge on any atom is 0.229 e. The molecule has 38 heavy (non-hydrogen) atoms. The van der Waals surface area contributed by atoms with Gasteiger partial charge in [0.05, 0.1) is 5.69 Å². The number of piperazine rings is 1. The van der Waals surface area contributed by atoms with Gasteiger partial charge in [0.2, 0.25) is 18.3 Å². The molecule has 3 heterocycles. The molecule has 204 valence electrons. The van der Waals surface area contributed by atoms with Crippen molar-refractivity contribution in [3.8, 4) is 0 Å². The highest BCUT2D eigenvalue weighted by molar-refractivity contribution is 5.82. The maximum atomic E-state index is 15.2. The summed E-state index contributed by atoms with van der Waals surface area (Å²) < 4.78 is 15.2. The Morgan fingerprint density at radius 3 is 2.58 bits per heavy atom. The van der Waals surface area contributed by atoms with Crippen molar-refractivity contribution in [1.82, 2.24) is 20.2 Å². The predicted octanol–water partition coefficient (Wildman–Crippen LogP) is 3.47. The number of benzene rings is 1. The van der Waals surface area contributed by atoms with Crippen LogP contribution in [0.3, 0.4) is 0 Å². The van der Waals surface area contributed by atoms with E-state index in [1.54, 1.807) is 17.2 Å². The first-order valence-electron chi connectivity index (χ1n) is 13.9. The molecule has 2 aliphatic heterocycles. The summed E-state index contributed by atoms with van der Waals surface area (Å²) in [5.74, 6) is 0.402. The molecule has 2 aromatic rings. The van der Waals surface area contributed by atoms with E-state index >= 15 is 4.39 Å². The lowest BCUT2D eigenvalue weighted by Gasteiger charge is -2.38. The molecule has 1 aromatic heterocycles. The van der Waals surface area contributed by atoms with Crippen LogP contribution in [0.4, 0.5) is 27.5 Å². The predicted molar refractivity (Wildman–Crippen MR) is 146 cm³/mol. The molecule has 2 N–H and O–H groups in total. The van der Waals surface area contributed by atoms with Gasteiger partial charge in [-0.05, 0) is 57.7 Å². The summed E-state index contributed by atoms with van der Waals surface area (Å²) in [6.45, 7) is 8.44. The summed E-state index contributed by atoms with van der Waals surface area (Å²) in [4.78, 5) is 39.8. The fourth-order valence-electron chi connectivity index (χ4n) is 5.87. The minimum absolute atomic E-state index is 0.0258. The van der Waals surface area contributed by atoms with Gasteiger partial charge in [-0.3, -0.25) is 19.4 Å². The van der Waals surface area contributed by atoms with E-state index in [0.29, 0.717) is 42.1 Å². The highest BCUT2D eigenvalue weighted by atomic mass is 19.1. The van der Waals surface area contributed by atoms with Crippen molar-refractivity contribution in [3.05, 3.63) is 35.8 Å². The lowest BCUT2D eigenvalue weighted by Crippen LogP contribution is -2.49. The molecule has 0 radical (unpaired) electrons. The van der Waals surface area contributed by atoms with Gasteiger partial charge in [0.1, 0.15) is 11.6 Å². The SMILES string of the molecule is CC(C)N1CCN(c2ccc(Nc3ncc(C[C@@H]4CCNC4=O)c(N(C=O)C4CCCC4)n3)cc2F)CC1. The van der Waals surface area contributed by atoms with Crippen molar-refractivity contribution >= 4 is 35.5 Å². The molecule has 1 atom stereocenters. The molecule has 1 aliphatic carbocycles. The fraction of sp³-hybridized carbons (Fsp3) is 0.571. The third-order valence-electron chi connectivity index (χ3n) is 8.14. The van der Waals surface area contributed by atoms with Crippen LogP contribution in [0.5, 0.6) is 0 Å². The van der Waals surface area contributed by atoms with Crippen molar-refractivity contribution < 1.29 is 14.0 Å². The first-order valence-corrected chi connectivity index (χ1v) is 13.9. The number of nitrogens with one attached hydrogen (secondary N) is 2. The number of rotatable bonds is 9. The number of hydrogen-bond donors (Lipinski definition) is 2. The van der Waals surface area contributed by atoms with Crippen LogP contribution in [0, 0.1) is 11.7 Å². The maximum absolute atomic E-state index is 15.2. The van der Waals surface area contributed by atoms with E-state index in [4.69, 9.17) is 4.98 Å². The van der Waals surface area contributed by atoms with Crippen LogP contribution in [0.25, 0.3) is 0 Å². The Bertz CT molecular complexity index is 1150. The van der Waals surface area contributed by atoms with Gasteiger partial charge in [-0.15, -0.1) is 0 Å². The van der Waals surface area contributed by atoms with E-state index < -0.39 is 0 Å². The summed E-state index contributed by atoms with van der Waals surface area (Å²) in [7, 11) is 0. The van der Waals surface area contributed by atoms with Gasteiger partial charge in [0.25, 0.3) is 0 Å². The molecule has 3 fully saturated rings. The molecule has 0 spiro atoms. The van der Waals surface area contributed by atoms with E-state index in [9.17, 15) is 9.59 Å². The van der Waals surface area contributed by atoms with Gasteiger partial charge in [-0.25, -0.2) is 9.37 Å². The Morgan fingerprint density at radius 1 is 1.18 bits per heavy atom. The molecular formula is C28H38FN7O2. The third-order valence-corrected chi connectivity index (χ3v) is 8.14. The minimum atomic E-state index is -0.294. The first-order chi connectivity index (χ1) is 18.4. The van der Waals surface area contributed by atoms with Crippen LogP contribution < -0.4 is 20.4 Å². The van der Waals surface area contributed by atoms with Crippen molar-refractivity contribution in [2.24, 2.45) is 5.92 Å². The van der Waals surface area contributed by atoms with Crippen LogP contribution in [-0.4, -0.2) is 72.0 Å². The van der Waals surface area contributed by atoms with Crippen LogP contribution in [-0.2, 0) is 16.0 Å². The Morgan fingerprint density at radius 2 is 1.95 bits per heavy atom. The minimum Gasteiger partial charge on any atom is -0.367 e. The molecule has 3 aliphatic rings. The standard InChI is InChI=1S/C28H38FN7O2/c1-19(2)34-11-13-35(14-12-34)25-8-7-22(16-24(25)29)32-28-31-17-21(15-20-9-10-30-27(20)38)26(33-28)36(18-37)23-5-3-4-6-23/h7-8,16-20,23H,3-6,9-15H2,1-2H3,(H,30,38)(H,31,32,33)/t20-/m0/s1. The monoisotopic (exact) mass is 523 g/mol. The van der Waals surface area contributed by atoms with Gasteiger partial charge in [0.15, 0.2) is 0 Å². The molecule has 9 nitrogen and oxygen atoms in total. The number of nitrogens with zero attached hydrogens (tertiary/aromatic N) is 5. The average molecular weight is 524 g/mol. The highest BCUT2D eigenvalue weighted by Gasteiger charge is 2.30. The molecule has 1 aromatic carbocycles. The number of carbonyl (C=O) groups is 2. The second kappa shape index (κ2) is 11.6. The first kappa shape index (κ1) is 26.3. The summed E-state index contributed by atoms with van der Waals surface area (Å²) in [6, 6.07) is 5.68. The second-order valence-electron chi connectivity index (χ2n) is 10.9. The van der Waals surface area contributed by atoms with Crippen LogP contribution in [0.15, 0.2) is 24.4 Å². The van der Waals surface area contributed by atoms with Gasteiger partial charge in [-0.1, -0.05) is 12.8 Å². The molecule has 0 bridgehead atoms. The average Bonchev–Trinajstić information content (AvgIpc) is 3.58. The number of hydrogen-bond acceptors (Lipinski definition) is 7. The Kier molecular flexibility index (Phi) is 8.06. The highest BCUT2D eigenvalue weighted by Crippen LogP contribution is 2.32. The molecular weight excluding hydrogens is 485 g/mol. The summed E-state index contributed by atoms with van der Waals surface area (Å²) in [5, 5.41) is 6.00. The Hall–Kier alpha value is -3.27.